The number of benzene rings is 2. The van der Waals surface area contributed by atoms with E-state index in [0.717, 1.165) is 24.2 Å². The number of tetrazole rings is 1. The van der Waals surface area contributed by atoms with Gasteiger partial charge >= 0.3 is 0 Å². The van der Waals surface area contributed by atoms with Crippen LogP contribution in [0.1, 0.15) is 28.8 Å². The van der Waals surface area contributed by atoms with Crippen molar-refractivity contribution in [2.75, 3.05) is 25.1 Å². The van der Waals surface area contributed by atoms with Gasteiger partial charge in [-0.25, -0.2) is 9.07 Å². The summed E-state index contributed by atoms with van der Waals surface area (Å²) < 4.78 is 20.7. The largest absolute Gasteiger partial charge is 0.496 e. The Morgan fingerprint density at radius 1 is 1.11 bits per heavy atom. The van der Waals surface area contributed by atoms with E-state index in [2.05, 4.69) is 30.7 Å². The Balaban J connectivity index is 1.17. The number of nitrogens with zero attached hydrogens (tertiary/aromatic N) is 6. The van der Waals surface area contributed by atoms with E-state index in [0.29, 0.717) is 42.4 Å². The maximum atomic E-state index is 13.5. The molecule has 184 valence electrons. The standard InChI is InChI=1S/C26H26FN7O2/c1-36-24-8-3-2-5-20(24)17-34-26(30-31-32-34)33-13-11-22(12-14-33)29-25(35)19-9-10-23(28-16-19)18-6-4-7-21(27)15-18/h2-10,15-16,22H,11-14,17H2,1H3,(H,29,35). The molecule has 5 rings (SSSR count). The van der Waals surface area contributed by atoms with Gasteiger partial charge in [0.15, 0.2) is 0 Å². The van der Waals surface area contributed by atoms with Crippen molar-refractivity contribution in [1.82, 2.24) is 30.5 Å². The summed E-state index contributed by atoms with van der Waals surface area (Å²) in [5.41, 5.74) is 2.75. The van der Waals surface area contributed by atoms with Crippen molar-refractivity contribution in [3.8, 4) is 17.0 Å². The molecule has 0 aliphatic carbocycles. The highest BCUT2D eigenvalue weighted by atomic mass is 19.1. The number of pyridine rings is 1. The summed E-state index contributed by atoms with van der Waals surface area (Å²) in [4.78, 5) is 19.2. The Morgan fingerprint density at radius 3 is 2.69 bits per heavy atom. The lowest BCUT2D eigenvalue weighted by Crippen LogP contribution is -2.45. The first-order valence-corrected chi connectivity index (χ1v) is 11.8. The lowest BCUT2D eigenvalue weighted by molar-refractivity contribution is 0.0930. The summed E-state index contributed by atoms with van der Waals surface area (Å²) in [6, 6.07) is 17.5. The highest BCUT2D eigenvalue weighted by molar-refractivity contribution is 5.94. The van der Waals surface area contributed by atoms with E-state index in [4.69, 9.17) is 4.74 Å². The molecule has 1 N–H and O–H groups in total. The van der Waals surface area contributed by atoms with Gasteiger partial charge in [-0.05, 0) is 53.6 Å². The smallest absolute Gasteiger partial charge is 0.253 e. The van der Waals surface area contributed by atoms with Crippen LogP contribution in [0.4, 0.5) is 10.3 Å². The van der Waals surface area contributed by atoms with Crippen molar-refractivity contribution in [2.45, 2.75) is 25.4 Å². The molecule has 10 heteroatoms. The number of anilines is 1. The number of amides is 1. The fourth-order valence-corrected chi connectivity index (χ4v) is 4.36. The van der Waals surface area contributed by atoms with Gasteiger partial charge in [0, 0.05) is 36.5 Å². The Bertz CT molecular complexity index is 1330. The monoisotopic (exact) mass is 487 g/mol. The van der Waals surface area contributed by atoms with Gasteiger partial charge in [-0.2, -0.15) is 0 Å². The van der Waals surface area contributed by atoms with Crippen molar-refractivity contribution in [3.05, 3.63) is 83.8 Å². The third-order valence-electron chi connectivity index (χ3n) is 6.28. The first-order chi connectivity index (χ1) is 17.6. The van der Waals surface area contributed by atoms with Crippen molar-refractivity contribution in [3.63, 3.8) is 0 Å². The molecule has 3 heterocycles. The lowest BCUT2D eigenvalue weighted by atomic mass is 10.0. The summed E-state index contributed by atoms with van der Waals surface area (Å²) in [5.74, 6) is 0.991. The highest BCUT2D eigenvalue weighted by Gasteiger charge is 2.25. The van der Waals surface area contributed by atoms with Crippen LogP contribution >= 0.6 is 0 Å². The van der Waals surface area contributed by atoms with Crippen LogP contribution in [0.15, 0.2) is 66.9 Å². The Morgan fingerprint density at radius 2 is 1.94 bits per heavy atom. The van der Waals surface area contributed by atoms with Crippen LogP contribution in [0.2, 0.25) is 0 Å². The maximum Gasteiger partial charge on any atom is 0.253 e. The third kappa shape index (κ3) is 5.17. The van der Waals surface area contributed by atoms with E-state index in [1.165, 1.54) is 18.3 Å². The second-order valence-corrected chi connectivity index (χ2v) is 8.63. The molecule has 2 aromatic heterocycles. The van der Waals surface area contributed by atoms with Gasteiger partial charge in [0.1, 0.15) is 11.6 Å². The number of carbonyl (C=O) groups excluding carboxylic acids is 1. The molecule has 1 aliphatic heterocycles. The molecule has 2 aromatic carbocycles. The van der Waals surface area contributed by atoms with Crippen LogP contribution in [0.5, 0.6) is 5.75 Å². The summed E-state index contributed by atoms with van der Waals surface area (Å²) in [6.07, 6.45) is 3.06. The number of methoxy groups -OCH3 is 1. The average molecular weight is 488 g/mol. The van der Waals surface area contributed by atoms with E-state index >= 15 is 0 Å². The zero-order chi connectivity index (χ0) is 24.9. The van der Waals surface area contributed by atoms with E-state index < -0.39 is 0 Å². The van der Waals surface area contributed by atoms with Gasteiger partial charge in [-0.3, -0.25) is 9.78 Å². The van der Waals surface area contributed by atoms with Crippen molar-refractivity contribution >= 4 is 11.9 Å². The molecule has 1 aliphatic rings. The fourth-order valence-electron chi connectivity index (χ4n) is 4.36. The minimum atomic E-state index is -0.323. The Labute approximate surface area is 207 Å². The predicted molar refractivity (Wildman–Crippen MR) is 132 cm³/mol. The van der Waals surface area contributed by atoms with Crippen LogP contribution < -0.4 is 15.0 Å². The molecule has 0 bridgehead atoms. The van der Waals surface area contributed by atoms with Crippen LogP contribution in [0.25, 0.3) is 11.3 Å². The predicted octanol–water partition coefficient (Wildman–Crippen LogP) is 3.33. The Kier molecular flexibility index (Phi) is 6.83. The van der Waals surface area contributed by atoms with E-state index in [1.54, 1.807) is 36.1 Å². The fraction of sp³-hybridized carbons (Fsp3) is 0.269. The van der Waals surface area contributed by atoms with Crippen molar-refractivity contribution in [1.29, 1.82) is 0 Å². The first-order valence-electron chi connectivity index (χ1n) is 11.8. The van der Waals surface area contributed by atoms with Gasteiger partial charge in [0.2, 0.25) is 5.95 Å². The number of hydrogen-bond acceptors (Lipinski definition) is 7. The van der Waals surface area contributed by atoms with Gasteiger partial charge < -0.3 is 15.0 Å². The molecule has 1 amide bonds. The number of aromatic nitrogens is 5. The van der Waals surface area contributed by atoms with E-state index in [9.17, 15) is 9.18 Å². The Hall–Kier alpha value is -4.34. The molecular weight excluding hydrogens is 461 g/mol. The van der Waals surface area contributed by atoms with Crippen LogP contribution in [-0.4, -0.2) is 57.3 Å². The number of halogens is 1. The highest BCUT2D eigenvalue weighted by Crippen LogP contribution is 2.22. The molecule has 9 nitrogen and oxygen atoms in total. The maximum absolute atomic E-state index is 13.5. The molecule has 0 atom stereocenters. The average Bonchev–Trinajstić information content (AvgIpc) is 3.37. The number of para-hydroxylation sites is 1. The topological polar surface area (TPSA) is 98.1 Å². The summed E-state index contributed by atoms with van der Waals surface area (Å²) in [7, 11) is 1.65. The van der Waals surface area contributed by atoms with E-state index in [-0.39, 0.29) is 17.8 Å². The quantitative estimate of drug-likeness (QED) is 0.427. The van der Waals surface area contributed by atoms with Gasteiger partial charge in [0.25, 0.3) is 5.91 Å². The van der Waals surface area contributed by atoms with Crippen LogP contribution in [0.3, 0.4) is 0 Å². The normalized spacial score (nSPS) is 14.0. The molecular formula is C26H26FN7O2. The minimum absolute atomic E-state index is 0.0372. The minimum Gasteiger partial charge on any atom is -0.496 e. The van der Waals surface area contributed by atoms with Crippen molar-refractivity contribution < 1.29 is 13.9 Å². The molecule has 0 unspecified atom stereocenters. The van der Waals surface area contributed by atoms with E-state index in [1.807, 2.05) is 24.3 Å². The zero-order valence-electron chi connectivity index (χ0n) is 19.8. The third-order valence-corrected chi connectivity index (χ3v) is 6.28. The number of nitrogens with one attached hydrogen (secondary N) is 1. The van der Waals surface area contributed by atoms with Gasteiger partial charge in [-0.1, -0.05) is 35.4 Å². The second-order valence-electron chi connectivity index (χ2n) is 8.63. The molecule has 0 spiro atoms. The molecule has 0 radical (unpaired) electrons. The summed E-state index contributed by atoms with van der Waals surface area (Å²) >= 11 is 0. The SMILES string of the molecule is COc1ccccc1Cn1nnnc1N1CCC(NC(=O)c2ccc(-c3cccc(F)c3)nc2)CC1. The number of piperidine rings is 1. The van der Waals surface area contributed by atoms with Gasteiger partial charge in [-0.15, -0.1) is 0 Å². The number of ether oxygens (including phenoxy) is 1. The van der Waals surface area contributed by atoms with Gasteiger partial charge in [0.05, 0.1) is 24.9 Å². The molecule has 1 fully saturated rings. The summed E-state index contributed by atoms with van der Waals surface area (Å²) in [5, 5.41) is 15.4. The van der Waals surface area contributed by atoms with Crippen LogP contribution in [-0.2, 0) is 6.54 Å². The second kappa shape index (κ2) is 10.5. The number of carbonyl (C=O) groups is 1. The first kappa shape index (κ1) is 23.4. The molecule has 4 aromatic rings. The van der Waals surface area contributed by atoms with Crippen LogP contribution in [0, 0.1) is 5.82 Å². The summed E-state index contributed by atoms with van der Waals surface area (Å²) in [6.45, 7) is 1.93. The van der Waals surface area contributed by atoms with Crippen molar-refractivity contribution in [2.24, 2.45) is 0 Å². The molecule has 1 saturated heterocycles. The zero-order valence-corrected chi connectivity index (χ0v) is 19.8. The molecule has 0 saturated carbocycles. The number of hydrogen-bond donors (Lipinski definition) is 1. The molecule has 36 heavy (non-hydrogen) atoms. The lowest BCUT2D eigenvalue weighted by Gasteiger charge is -2.32. The number of rotatable bonds is 7.